The lowest BCUT2D eigenvalue weighted by Crippen LogP contribution is -2.31. The Bertz CT molecular complexity index is 655. The van der Waals surface area contributed by atoms with Crippen molar-refractivity contribution in [2.45, 2.75) is 26.2 Å². The van der Waals surface area contributed by atoms with Gasteiger partial charge in [0.25, 0.3) is 0 Å². The summed E-state index contributed by atoms with van der Waals surface area (Å²) < 4.78 is 5.64. The van der Waals surface area contributed by atoms with Crippen LogP contribution in [0.4, 0.5) is 23.0 Å². The first-order valence-electron chi connectivity index (χ1n) is 8.14. The van der Waals surface area contributed by atoms with Crippen LogP contribution in [0.1, 0.15) is 26.2 Å². The number of hydrogen-bond acceptors (Lipinski definition) is 6. The van der Waals surface area contributed by atoms with Gasteiger partial charge in [0.15, 0.2) is 11.6 Å². The fraction of sp³-hybridized carbons (Fsp3) is 0.412. The van der Waals surface area contributed by atoms with Crippen LogP contribution in [0.25, 0.3) is 0 Å². The molecule has 122 valence electrons. The third kappa shape index (κ3) is 3.47. The molecular weight excluding hydrogens is 290 g/mol. The van der Waals surface area contributed by atoms with Gasteiger partial charge in [-0.15, -0.1) is 0 Å². The molecule has 0 spiro atoms. The van der Waals surface area contributed by atoms with Gasteiger partial charge in [-0.05, 0) is 38.3 Å². The van der Waals surface area contributed by atoms with E-state index in [0.717, 1.165) is 30.3 Å². The normalized spacial score (nSPS) is 14.6. The quantitative estimate of drug-likeness (QED) is 0.883. The van der Waals surface area contributed by atoms with Crippen molar-refractivity contribution in [3.63, 3.8) is 0 Å². The molecule has 3 N–H and O–H groups in total. The summed E-state index contributed by atoms with van der Waals surface area (Å²) in [4.78, 5) is 10.9. The highest BCUT2D eigenvalue weighted by molar-refractivity contribution is 5.79. The zero-order valence-electron chi connectivity index (χ0n) is 13.5. The van der Waals surface area contributed by atoms with E-state index in [4.69, 9.17) is 10.5 Å². The molecule has 6 heteroatoms. The molecule has 1 aliphatic rings. The molecule has 0 atom stereocenters. The van der Waals surface area contributed by atoms with Crippen LogP contribution < -0.4 is 20.7 Å². The molecule has 1 saturated heterocycles. The number of nitrogens with one attached hydrogen (secondary N) is 1. The Morgan fingerprint density at radius 3 is 2.74 bits per heavy atom. The highest BCUT2D eigenvalue weighted by Gasteiger charge is 2.18. The highest BCUT2D eigenvalue weighted by Crippen LogP contribution is 2.33. The van der Waals surface area contributed by atoms with Gasteiger partial charge in [0, 0.05) is 13.1 Å². The number of ether oxygens (including phenoxy) is 1. The molecule has 2 heterocycles. The number of anilines is 4. The summed E-state index contributed by atoms with van der Waals surface area (Å²) in [5, 5.41) is 3.28. The van der Waals surface area contributed by atoms with Crippen molar-refractivity contribution in [3.8, 4) is 5.75 Å². The number of nitrogen functional groups attached to an aromatic ring is 1. The van der Waals surface area contributed by atoms with E-state index < -0.39 is 0 Å². The number of aromatic nitrogens is 2. The second-order valence-corrected chi connectivity index (χ2v) is 5.56. The molecule has 1 aromatic heterocycles. The minimum Gasteiger partial charge on any atom is -0.492 e. The number of para-hydroxylation sites is 2. The highest BCUT2D eigenvalue weighted by atomic mass is 16.5. The summed E-state index contributed by atoms with van der Waals surface area (Å²) in [6.45, 7) is 4.56. The van der Waals surface area contributed by atoms with Crippen molar-refractivity contribution >= 4 is 23.0 Å². The van der Waals surface area contributed by atoms with Crippen LogP contribution in [0.3, 0.4) is 0 Å². The van der Waals surface area contributed by atoms with Crippen LogP contribution >= 0.6 is 0 Å². The third-order valence-electron chi connectivity index (χ3n) is 3.96. The van der Waals surface area contributed by atoms with Gasteiger partial charge in [-0.2, -0.15) is 0 Å². The first-order valence-corrected chi connectivity index (χ1v) is 8.14. The lowest BCUT2D eigenvalue weighted by Gasteiger charge is -2.29. The van der Waals surface area contributed by atoms with E-state index in [1.807, 2.05) is 31.2 Å². The van der Waals surface area contributed by atoms with E-state index in [0.29, 0.717) is 18.1 Å². The van der Waals surface area contributed by atoms with E-state index in [1.54, 1.807) is 6.33 Å². The molecular formula is C17H23N5O. The molecule has 0 amide bonds. The monoisotopic (exact) mass is 313 g/mol. The fourth-order valence-corrected chi connectivity index (χ4v) is 2.82. The Morgan fingerprint density at radius 2 is 1.96 bits per heavy atom. The first kappa shape index (κ1) is 15.4. The summed E-state index contributed by atoms with van der Waals surface area (Å²) in [7, 11) is 0. The average Bonchev–Trinajstić information content (AvgIpc) is 2.59. The Kier molecular flexibility index (Phi) is 4.80. The van der Waals surface area contributed by atoms with Crippen molar-refractivity contribution in [1.82, 2.24) is 9.97 Å². The van der Waals surface area contributed by atoms with Crippen LogP contribution in [0.15, 0.2) is 30.6 Å². The second kappa shape index (κ2) is 7.17. The second-order valence-electron chi connectivity index (χ2n) is 5.56. The summed E-state index contributed by atoms with van der Waals surface area (Å²) in [6, 6.07) is 7.77. The van der Waals surface area contributed by atoms with Gasteiger partial charge in [0.1, 0.15) is 17.8 Å². The molecule has 23 heavy (non-hydrogen) atoms. The van der Waals surface area contributed by atoms with Crippen LogP contribution in [0.5, 0.6) is 5.75 Å². The van der Waals surface area contributed by atoms with E-state index in [9.17, 15) is 0 Å². The number of benzene rings is 1. The Labute approximate surface area is 136 Å². The molecule has 1 fully saturated rings. The number of rotatable bonds is 5. The number of nitrogens with two attached hydrogens (primary N) is 1. The Balaban J connectivity index is 1.86. The van der Waals surface area contributed by atoms with Crippen LogP contribution in [-0.2, 0) is 0 Å². The maximum absolute atomic E-state index is 6.32. The predicted octanol–water partition coefficient (Wildman–Crippen LogP) is 3.19. The fourth-order valence-electron chi connectivity index (χ4n) is 2.82. The predicted molar refractivity (Wildman–Crippen MR) is 93.4 cm³/mol. The van der Waals surface area contributed by atoms with Gasteiger partial charge in [-0.1, -0.05) is 12.1 Å². The number of nitrogens with zero attached hydrogens (tertiary/aromatic N) is 3. The van der Waals surface area contributed by atoms with E-state index in [1.165, 1.54) is 19.3 Å². The lowest BCUT2D eigenvalue weighted by atomic mass is 10.1. The van der Waals surface area contributed by atoms with Gasteiger partial charge < -0.3 is 20.7 Å². The maximum atomic E-state index is 6.32. The molecule has 3 rings (SSSR count). The molecule has 1 aliphatic heterocycles. The van der Waals surface area contributed by atoms with E-state index in [2.05, 4.69) is 20.2 Å². The van der Waals surface area contributed by atoms with Crippen LogP contribution in [0.2, 0.25) is 0 Å². The minimum atomic E-state index is 0.584. The topological polar surface area (TPSA) is 76.3 Å². The molecule has 6 nitrogen and oxygen atoms in total. The van der Waals surface area contributed by atoms with Crippen LogP contribution in [-0.4, -0.2) is 29.7 Å². The maximum Gasteiger partial charge on any atom is 0.159 e. The van der Waals surface area contributed by atoms with Gasteiger partial charge in [0.2, 0.25) is 0 Å². The number of piperidine rings is 1. The molecule has 0 bridgehead atoms. The smallest absolute Gasteiger partial charge is 0.159 e. The van der Waals surface area contributed by atoms with Crippen molar-refractivity contribution in [2.24, 2.45) is 0 Å². The molecule has 0 aliphatic carbocycles. The zero-order chi connectivity index (χ0) is 16.1. The molecule has 0 unspecified atom stereocenters. The van der Waals surface area contributed by atoms with Gasteiger partial charge in [0.05, 0.1) is 12.3 Å². The van der Waals surface area contributed by atoms with E-state index in [-0.39, 0.29) is 0 Å². The summed E-state index contributed by atoms with van der Waals surface area (Å²) in [6.07, 6.45) is 5.19. The van der Waals surface area contributed by atoms with Gasteiger partial charge >= 0.3 is 0 Å². The third-order valence-corrected chi connectivity index (χ3v) is 3.96. The molecule has 2 aromatic rings. The van der Waals surface area contributed by atoms with Gasteiger partial charge in [-0.25, -0.2) is 9.97 Å². The molecule has 0 radical (unpaired) electrons. The SMILES string of the molecule is CCOc1ccccc1Nc1ncnc(N2CCCCC2)c1N. The molecule has 0 saturated carbocycles. The van der Waals surface area contributed by atoms with Gasteiger partial charge in [-0.3, -0.25) is 0 Å². The summed E-state index contributed by atoms with van der Waals surface area (Å²) >= 11 is 0. The van der Waals surface area contributed by atoms with Crippen LogP contribution in [0, 0.1) is 0 Å². The van der Waals surface area contributed by atoms with Crippen molar-refractivity contribution < 1.29 is 4.74 Å². The van der Waals surface area contributed by atoms with Crippen molar-refractivity contribution in [2.75, 3.05) is 35.6 Å². The standard InChI is InChI=1S/C17H23N5O/c1-2-23-14-9-5-4-8-13(14)21-16-15(18)17(20-12-19-16)22-10-6-3-7-11-22/h4-5,8-9,12H,2-3,6-7,10-11,18H2,1H3,(H,19,20,21). The van der Waals surface area contributed by atoms with Crippen molar-refractivity contribution in [1.29, 1.82) is 0 Å². The largest absolute Gasteiger partial charge is 0.492 e. The zero-order valence-corrected chi connectivity index (χ0v) is 13.5. The van der Waals surface area contributed by atoms with Crippen molar-refractivity contribution in [3.05, 3.63) is 30.6 Å². The average molecular weight is 313 g/mol. The first-order chi connectivity index (χ1) is 11.3. The molecule has 1 aromatic carbocycles. The number of hydrogen-bond donors (Lipinski definition) is 2. The Hall–Kier alpha value is -2.50. The van der Waals surface area contributed by atoms with E-state index >= 15 is 0 Å². The minimum absolute atomic E-state index is 0.584. The Morgan fingerprint density at radius 1 is 1.17 bits per heavy atom. The summed E-state index contributed by atoms with van der Waals surface area (Å²) in [5.41, 5.74) is 7.75. The lowest BCUT2D eigenvalue weighted by molar-refractivity contribution is 0.342. The summed E-state index contributed by atoms with van der Waals surface area (Å²) in [5.74, 6) is 2.22.